The van der Waals surface area contributed by atoms with E-state index in [2.05, 4.69) is 33.2 Å². The van der Waals surface area contributed by atoms with Gasteiger partial charge in [-0.05, 0) is 41.3 Å². The van der Waals surface area contributed by atoms with Gasteiger partial charge in [0.05, 0.1) is 38.2 Å². The first-order valence-corrected chi connectivity index (χ1v) is 13.1. The van der Waals surface area contributed by atoms with Crippen molar-refractivity contribution < 1.29 is 18.7 Å². The van der Waals surface area contributed by atoms with Gasteiger partial charge in [-0.3, -0.25) is 4.79 Å². The summed E-state index contributed by atoms with van der Waals surface area (Å²) in [6.45, 7) is 3.20. The molecule has 12 nitrogen and oxygen atoms in total. The van der Waals surface area contributed by atoms with Crippen molar-refractivity contribution in [2.75, 3.05) is 44.9 Å². The van der Waals surface area contributed by atoms with Gasteiger partial charge in [0, 0.05) is 25.8 Å². The molecule has 4 heterocycles. The van der Waals surface area contributed by atoms with Crippen LogP contribution in [0.15, 0.2) is 47.1 Å². The lowest BCUT2D eigenvalue weighted by atomic mass is 9.97. The molecule has 1 amide bonds. The third kappa shape index (κ3) is 5.06. The molecule has 0 saturated carbocycles. The Morgan fingerprint density at radius 1 is 1.07 bits per heavy atom. The van der Waals surface area contributed by atoms with Crippen molar-refractivity contribution in [3.63, 3.8) is 0 Å². The third-order valence-electron chi connectivity index (χ3n) is 7.10. The zero-order valence-corrected chi connectivity index (χ0v) is 22.2. The van der Waals surface area contributed by atoms with Crippen molar-refractivity contribution in [3.05, 3.63) is 59.4 Å². The number of ether oxygens (including phenoxy) is 2. The minimum atomic E-state index is 0.103. The molecule has 0 spiro atoms. The predicted octanol–water partition coefficient (Wildman–Crippen LogP) is 2.79. The number of nitrogens with zero attached hydrogens (tertiary/aromatic N) is 6. The molecule has 5 aromatic rings. The van der Waals surface area contributed by atoms with Gasteiger partial charge in [-0.1, -0.05) is 18.2 Å². The maximum atomic E-state index is 12.7. The van der Waals surface area contributed by atoms with E-state index >= 15 is 0 Å². The summed E-state index contributed by atoms with van der Waals surface area (Å²) >= 11 is 0. The van der Waals surface area contributed by atoms with Crippen molar-refractivity contribution >= 4 is 39.9 Å². The van der Waals surface area contributed by atoms with Crippen LogP contribution in [0, 0.1) is 0 Å². The van der Waals surface area contributed by atoms with E-state index < -0.39 is 0 Å². The minimum Gasteiger partial charge on any atom is -0.424 e. The molecule has 0 unspecified atom stereocenters. The summed E-state index contributed by atoms with van der Waals surface area (Å²) in [6, 6.07) is 12.0. The summed E-state index contributed by atoms with van der Waals surface area (Å²) < 4.78 is 17.7. The molecular weight excluding hydrogens is 512 g/mol. The molecule has 0 radical (unpaired) electrons. The molecule has 0 atom stereocenters. The molecule has 0 saturated heterocycles. The zero-order valence-electron chi connectivity index (χ0n) is 22.2. The van der Waals surface area contributed by atoms with Crippen LogP contribution in [-0.2, 0) is 33.8 Å². The predicted molar refractivity (Wildman–Crippen MR) is 149 cm³/mol. The van der Waals surface area contributed by atoms with Crippen LogP contribution >= 0.6 is 0 Å². The standard InChI is InChI=1S/C28H30N8O4/c1-38-10-11-39-9-7-23(37)35-8-6-18-12-17(2-3-20(18)15-35)14-36-27-24(26(29)31-16-32-27)25(34-36)19-4-5-22-21(13-19)33-28(30)40-22/h2-5,12-13,16H,6-11,14-15H2,1H3,(H2,30,33)(H2,29,31,32). The first-order chi connectivity index (χ1) is 19.5. The van der Waals surface area contributed by atoms with Crippen LogP contribution in [0.1, 0.15) is 23.1 Å². The molecule has 1 aliphatic heterocycles. The Hall–Kier alpha value is -4.55. The van der Waals surface area contributed by atoms with E-state index in [1.807, 2.05) is 27.8 Å². The second-order valence-corrected chi connectivity index (χ2v) is 9.72. The number of methoxy groups -OCH3 is 1. The molecule has 40 heavy (non-hydrogen) atoms. The van der Waals surface area contributed by atoms with E-state index in [1.165, 1.54) is 11.9 Å². The lowest BCUT2D eigenvalue weighted by molar-refractivity contribution is -0.133. The molecule has 4 N–H and O–H groups in total. The summed E-state index contributed by atoms with van der Waals surface area (Å²) in [5.74, 6) is 0.455. The highest BCUT2D eigenvalue weighted by Crippen LogP contribution is 2.33. The number of nitrogen functional groups attached to an aromatic ring is 2. The first kappa shape index (κ1) is 25.7. The van der Waals surface area contributed by atoms with Crippen LogP contribution < -0.4 is 11.5 Å². The average Bonchev–Trinajstić information content (AvgIpc) is 3.52. The molecule has 6 rings (SSSR count). The largest absolute Gasteiger partial charge is 0.424 e. The van der Waals surface area contributed by atoms with Crippen molar-refractivity contribution in [2.24, 2.45) is 0 Å². The fraction of sp³-hybridized carbons (Fsp3) is 0.321. The Kier molecular flexibility index (Phi) is 7.01. The molecule has 206 valence electrons. The lowest BCUT2D eigenvalue weighted by Crippen LogP contribution is -2.36. The van der Waals surface area contributed by atoms with Crippen LogP contribution in [0.5, 0.6) is 0 Å². The molecule has 3 aromatic heterocycles. The van der Waals surface area contributed by atoms with E-state index in [0.29, 0.717) is 79.5 Å². The molecular formula is C28H30N8O4. The summed E-state index contributed by atoms with van der Waals surface area (Å²) in [5.41, 5.74) is 18.8. The molecule has 0 bridgehead atoms. The Labute approximate surface area is 229 Å². The van der Waals surface area contributed by atoms with Crippen LogP contribution in [0.25, 0.3) is 33.4 Å². The van der Waals surface area contributed by atoms with E-state index in [-0.39, 0.29) is 11.9 Å². The number of benzene rings is 2. The van der Waals surface area contributed by atoms with Gasteiger partial charge in [0.15, 0.2) is 11.2 Å². The number of fused-ring (bicyclic) bond motifs is 3. The number of aromatic nitrogens is 5. The SMILES string of the molecule is COCCOCCC(=O)N1CCc2cc(Cn3nc(-c4ccc5oc(N)nc5c4)c4c(N)ncnc43)ccc2C1. The van der Waals surface area contributed by atoms with E-state index in [4.69, 9.17) is 30.5 Å². The third-order valence-corrected chi connectivity index (χ3v) is 7.10. The van der Waals surface area contributed by atoms with Crippen molar-refractivity contribution in [1.29, 1.82) is 0 Å². The van der Waals surface area contributed by atoms with Crippen molar-refractivity contribution in [3.8, 4) is 11.3 Å². The quantitative estimate of drug-likeness (QED) is 0.265. The number of hydrogen-bond donors (Lipinski definition) is 2. The summed E-state index contributed by atoms with van der Waals surface area (Å²) in [7, 11) is 1.63. The summed E-state index contributed by atoms with van der Waals surface area (Å²) in [5, 5.41) is 5.57. The van der Waals surface area contributed by atoms with Gasteiger partial charge < -0.3 is 30.3 Å². The van der Waals surface area contributed by atoms with Crippen molar-refractivity contribution in [1.82, 2.24) is 29.6 Å². The number of oxazole rings is 1. The van der Waals surface area contributed by atoms with E-state index in [1.54, 1.807) is 7.11 Å². The van der Waals surface area contributed by atoms with Crippen molar-refractivity contribution in [2.45, 2.75) is 25.9 Å². The number of nitrogens with two attached hydrogens (primary N) is 2. The molecule has 0 fully saturated rings. The number of carbonyl (C=O) groups is 1. The topological polar surface area (TPSA) is 160 Å². The minimum absolute atomic E-state index is 0.103. The second kappa shape index (κ2) is 10.9. The summed E-state index contributed by atoms with van der Waals surface area (Å²) in [4.78, 5) is 27.5. The number of rotatable bonds is 9. The summed E-state index contributed by atoms with van der Waals surface area (Å²) in [6.07, 6.45) is 2.61. The first-order valence-electron chi connectivity index (χ1n) is 13.1. The highest BCUT2D eigenvalue weighted by molar-refractivity contribution is 5.99. The Morgan fingerprint density at radius 3 is 2.85 bits per heavy atom. The second-order valence-electron chi connectivity index (χ2n) is 9.72. The van der Waals surface area contributed by atoms with E-state index in [9.17, 15) is 4.79 Å². The maximum absolute atomic E-state index is 12.7. The molecule has 0 aliphatic carbocycles. The van der Waals surface area contributed by atoms with Gasteiger partial charge >= 0.3 is 0 Å². The van der Waals surface area contributed by atoms with Gasteiger partial charge in [0.2, 0.25) is 5.91 Å². The van der Waals surface area contributed by atoms with Gasteiger partial charge in [-0.15, -0.1) is 0 Å². The number of amides is 1. The Balaban J connectivity index is 1.22. The molecule has 2 aromatic carbocycles. The van der Waals surface area contributed by atoms with Gasteiger partial charge in [-0.25, -0.2) is 14.6 Å². The number of anilines is 2. The van der Waals surface area contributed by atoms with Crippen LogP contribution in [0.3, 0.4) is 0 Å². The molecule has 12 heteroatoms. The fourth-order valence-corrected chi connectivity index (χ4v) is 5.09. The van der Waals surface area contributed by atoms with Crippen LogP contribution in [-0.4, -0.2) is 69.0 Å². The Bertz CT molecular complexity index is 1700. The number of hydrogen-bond acceptors (Lipinski definition) is 10. The zero-order chi connectivity index (χ0) is 27.6. The lowest BCUT2D eigenvalue weighted by Gasteiger charge is -2.29. The normalized spacial score (nSPS) is 13.3. The Morgan fingerprint density at radius 2 is 1.98 bits per heavy atom. The molecule has 1 aliphatic rings. The monoisotopic (exact) mass is 542 g/mol. The van der Waals surface area contributed by atoms with Crippen LogP contribution in [0.4, 0.5) is 11.8 Å². The van der Waals surface area contributed by atoms with Gasteiger partial charge in [0.1, 0.15) is 23.4 Å². The van der Waals surface area contributed by atoms with Gasteiger partial charge in [0.25, 0.3) is 6.01 Å². The highest BCUT2D eigenvalue weighted by Gasteiger charge is 2.22. The van der Waals surface area contributed by atoms with Gasteiger partial charge in [-0.2, -0.15) is 10.1 Å². The van der Waals surface area contributed by atoms with Crippen LogP contribution in [0.2, 0.25) is 0 Å². The fourth-order valence-electron chi connectivity index (χ4n) is 5.09. The average molecular weight is 543 g/mol. The smallest absolute Gasteiger partial charge is 0.292 e. The maximum Gasteiger partial charge on any atom is 0.292 e. The highest BCUT2D eigenvalue weighted by atomic mass is 16.5. The van der Waals surface area contributed by atoms with E-state index in [0.717, 1.165) is 23.1 Å². The number of carbonyl (C=O) groups excluding carboxylic acids is 1.